The van der Waals surface area contributed by atoms with Crippen LogP contribution >= 0.6 is 0 Å². The van der Waals surface area contributed by atoms with Crippen molar-refractivity contribution in [3.05, 3.63) is 52.8 Å². The lowest BCUT2D eigenvalue weighted by atomic mass is 9.84. The van der Waals surface area contributed by atoms with Crippen molar-refractivity contribution in [2.75, 3.05) is 32.1 Å². The Balaban J connectivity index is 1.70. The first-order chi connectivity index (χ1) is 17.5. The van der Waals surface area contributed by atoms with Gasteiger partial charge in [-0.15, -0.1) is 0 Å². The number of anilines is 1. The van der Waals surface area contributed by atoms with Crippen LogP contribution in [0.3, 0.4) is 0 Å². The first-order valence-corrected chi connectivity index (χ1v) is 11.7. The van der Waals surface area contributed by atoms with Gasteiger partial charge < -0.3 is 25.2 Å². The average molecular weight is 520 g/mol. The molecule has 12 heteroatoms. The van der Waals surface area contributed by atoms with Crippen LogP contribution < -0.4 is 10.1 Å². The van der Waals surface area contributed by atoms with Gasteiger partial charge >= 0.3 is 6.18 Å². The molecule has 1 amide bonds. The summed E-state index contributed by atoms with van der Waals surface area (Å²) in [7, 11) is 1.42. The summed E-state index contributed by atoms with van der Waals surface area (Å²) in [6.45, 7) is 3.03. The highest BCUT2D eigenvalue weighted by molar-refractivity contribution is 5.87. The molecule has 3 aromatic rings. The molecule has 3 N–H and O–H groups in total. The highest BCUT2D eigenvalue weighted by atomic mass is 19.4. The molecular formula is C25H28F3N5O4. The molecule has 4 rings (SSSR count). The number of carbonyl (C=O) groups is 1. The number of likely N-dealkylation sites (tertiary alicyclic amines) is 1. The average Bonchev–Trinajstić information content (AvgIpc) is 2.87. The van der Waals surface area contributed by atoms with Gasteiger partial charge in [0.15, 0.2) is 5.65 Å². The van der Waals surface area contributed by atoms with Crippen LogP contribution in [0.2, 0.25) is 0 Å². The molecular weight excluding hydrogens is 491 g/mol. The molecule has 0 unspecified atom stereocenters. The lowest BCUT2D eigenvalue weighted by molar-refractivity contribution is -0.139. The van der Waals surface area contributed by atoms with E-state index in [1.54, 1.807) is 19.1 Å². The van der Waals surface area contributed by atoms with Crippen molar-refractivity contribution in [1.82, 2.24) is 19.9 Å². The molecule has 0 spiro atoms. The van der Waals surface area contributed by atoms with E-state index in [1.807, 2.05) is 0 Å². The zero-order chi connectivity index (χ0) is 27.0. The van der Waals surface area contributed by atoms with E-state index < -0.39 is 35.9 Å². The number of aliphatic hydroxyl groups is 2. The van der Waals surface area contributed by atoms with Gasteiger partial charge in [-0.1, -0.05) is 12.1 Å². The number of pyridine rings is 1. The molecule has 1 aliphatic rings. The van der Waals surface area contributed by atoms with E-state index in [4.69, 9.17) is 9.84 Å². The lowest BCUT2D eigenvalue weighted by Gasteiger charge is -2.38. The number of fused-ring (bicyclic) bond motifs is 1. The van der Waals surface area contributed by atoms with Gasteiger partial charge in [0.2, 0.25) is 11.8 Å². The summed E-state index contributed by atoms with van der Waals surface area (Å²) in [5.41, 5.74) is -0.819. The molecule has 0 radical (unpaired) electrons. The fourth-order valence-corrected chi connectivity index (χ4v) is 4.78. The van der Waals surface area contributed by atoms with E-state index in [0.29, 0.717) is 22.3 Å². The smallest absolute Gasteiger partial charge is 0.416 e. The van der Waals surface area contributed by atoms with Crippen LogP contribution in [0.15, 0.2) is 30.6 Å². The maximum absolute atomic E-state index is 13.4. The number of methoxy groups -OCH3 is 1. The summed E-state index contributed by atoms with van der Waals surface area (Å²) in [6.07, 6.45) is -2.79. The lowest BCUT2D eigenvalue weighted by Crippen LogP contribution is -2.46. The maximum Gasteiger partial charge on any atom is 0.416 e. The normalized spacial score (nSPS) is 16.5. The standard InChI is InChI=1S/C25H28F3N5O4/c1-14-16(5-4-6-18(14)25(26,27)28)15(2)31-21-17-11-19(23(37-3)32-22(17)30-13-29-21)24(36)7-9-33(10-8-24)20(35)12-34/h4-6,11,13,15,34,36H,7-10,12H2,1-3H3,(H,29,30,31,32)/t15-/m1/s1. The number of benzene rings is 1. The number of hydrogen-bond acceptors (Lipinski definition) is 8. The van der Waals surface area contributed by atoms with Gasteiger partial charge in [-0.25, -0.2) is 9.97 Å². The third-order valence-electron chi connectivity index (χ3n) is 6.86. The number of aromatic nitrogens is 3. The van der Waals surface area contributed by atoms with E-state index in [9.17, 15) is 23.1 Å². The quantitative estimate of drug-likeness (QED) is 0.454. The monoisotopic (exact) mass is 519 g/mol. The molecule has 0 bridgehead atoms. The van der Waals surface area contributed by atoms with Crippen LogP contribution in [0.1, 0.15) is 48.1 Å². The van der Waals surface area contributed by atoms with Crippen molar-refractivity contribution in [3.63, 3.8) is 0 Å². The molecule has 1 fully saturated rings. The van der Waals surface area contributed by atoms with Crippen molar-refractivity contribution in [2.24, 2.45) is 0 Å². The summed E-state index contributed by atoms with van der Waals surface area (Å²) in [5.74, 6) is 0.0926. The predicted molar refractivity (Wildman–Crippen MR) is 129 cm³/mol. The Morgan fingerprint density at radius 2 is 1.97 bits per heavy atom. The number of piperidine rings is 1. The van der Waals surface area contributed by atoms with E-state index in [1.165, 1.54) is 31.3 Å². The first kappa shape index (κ1) is 26.6. The Bertz CT molecular complexity index is 1310. The molecule has 2 aromatic heterocycles. The number of nitrogens with one attached hydrogen (secondary N) is 1. The number of amides is 1. The first-order valence-electron chi connectivity index (χ1n) is 11.7. The molecule has 198 valence electrons. The van der Waals surface area contributed by atoms with E-state index in [-0.39, 0.29) is 43.0 Å². The van der Waals surface area contributed by atoms with Gasteiger partial charge in [0.05, 0.1) is 29.7 Å². The Hall–Kier alpha value is -3.51. The van der Waals surface area contributed by atoms with E-state index in [2.05, 4.69) is 20.3 Å². The number of aliphatic hydroxyl groups excluding tert-OH is 1. The van der Waals surface area contributed by atoms with Gasteiger partial charge in [0.1, 0.15) is 18.8 Å². The maximum atomic E-state index is 13.4. The second-order valence-electron chi connectivity index (χ2n) is 9.09. The zero-order valence-electron chi connectivity index (χ0n) is 20.6. The summed E-state index contributed by atoms with van der Waals surface area (Å²) in [4.78, 5) is 26.3. The van der Waals surface area contributed by atoms with Gasteiger partial charge in [-0.05, 0) is 49.9 Å². The number of rotatable bonds is 6. The number of hydrogen-bond donors (Lipinski definition) is 3. The molecule has 9 nitrogen and oxygen atoms in total. The Kier molecular flexibility index (Phi) is 7.24. The molecule has 1 aromatic carbocycles. The van der Waals surface area contributed by atoms with Crippen LogP contribution in [0.25, 0.3) is 11.0 Å². The molecule has 1 atom stereocenters. The fraction of sp³-hybridized carbons (Fsp3) is 0.440. The van der Waals surface area contributed by atoms with Crippen molar-refractivity contribution in [2.45, 2.75) is 44.5 Å². The molecule has 1 saturated heterocycles. The molecule has 1 aliphatic heterocycles. The van der Waals surface area contributed by atoms with Gasteiger partial charge in [0, 0.05) is 18.7 Å². The highest BCUT2D eigenvalue weighted by Crippen LogP contribution is 2.40. The summed E-state index contributed by atoms with van der Waals surface area (Å²) < 4.78 is 45.7. The second kappa shape index (κ2) is 10.1. The number of alkyl halides is 3. The number of carbonyl (C=O) groups excluding carboxylic acids is 1. The molecule has 0 saturated carbocycles. The van der Waals surface area contributed by atoms with Crippen LogP contribution in [0, 0.1) is 6.92 Å². The second-order valence-corrected chi connectivity index (χ2v) is 9.09. The fourth-order valence-electron chi connectivity index (χ4n) is 4.78. The molecule has 3 heterocycles. The van der Waals surface area contributed by atoms with Crippen molar-refractivity contribution in [3.8, 4) is 5.88 Å². The largest absolute Gasteiger partial charge is 0.481 e. The van der Waals surface area contributed by atoms with Crippen LogP contribution in [0.5, 0.6) is 5.88 Å². The van der Waals surface area contributed by atoms with E-state index in [0.717, 1.165) is 6.07 Å². The third kappa shape index (κ3) is 5.16. The Morgan fingerprint density at radius 1 is 1.27 bits per heavy atom. The molecule has 37 heavy (non-hydrogen) atoms. The molecule has 0 aliphatic carbocycles. The summed E-state index contributed by atoms with van der Waals surface area (Å²) in [6, 6.07) is 5.17. The van der Waals surface area contributed by atoms with Crippen LogP contribution in [-0.2, 0) is 16.6 Å². The zero-order valence-corrected chi connectivity index (χ0v) is 20.6. The van der Waals surface area contributed by atoms with Gasteiger partial charge in [0.25, 0.3) is 0 Å². The Morgan fingerprint density at radius 3 is 2.59 bits per heavy atom. The van der Waals surface area contributed by atoms with Crippen LogP contribution in [0.4, 0.5) is 19.0 Å². The SMILES string of the molecule is COc1nc2ncnc(N[C@H](C)c3cccc(C(F)(F)F)c3C)c2cc1C1(O)CCN(C(=O)CO)CC1. The summed E-state index contributed by atoms with van der Waals surface area (Å²) in [5, 5.41) is 24.2. The van der Waals surface area contributed by atoms with E-state index >= 15 is 0 Å². The topological polar surface area (TPSA) is 121 Å². The van der Waals surface area contributed by atoms with Crippen molar-refractivity contribution in [1.29, 1.82) is 0 Å². The van der Waals surface area contributed by atoms with Crippen molar-refractivity contribution >= 4 is 22.8 Å². The van der Waals surface area contributed by atoms with Crippen molar-refractivity contribution < 1.29 is 32.9 Å². The third-order valence-corrected chi connectivity index (χ3v) is 6.86. The number of ether oxygens (including phenoxy) is 1. The number of nitrogens with zero attached hydrogens (tertiary/aromatic N) is 4. The van der Waals surface area contributed by atoms with Crippen LogP contribution in [-0.4, -0.2) is 62.8 Å². The van der Waals surface area contributed by atoms with Gasteiger partial charge in [-0.3, -0.25) is 4.79 Å². The number of halogens is 3. The minimum atomic E-state index is -4.47. The summed E-state index contributed by atoms with van der Waals surface area (Å²) >= 11 is 0. The Labute approximate surface area is 211 Å². The van der Waals surface area contributed by atoms with Gasteiger partial charge in [-0.2, -0.15) is 18.2 Å². The minimum Gasteiger partial charge on any atom is -0.481 e. The predicted octanol–water partition coefficient (Wildman–Crippen LogP) is 3.34. The highest BCUT2D eigenvalue weighted by Gasteiger charge is 2.39. The minimum absolute atomic E-state index is 0.118.